The van der Waals surface area contributed by atoms with Crippen molar-refractivity contribution in [1.82, 2.24) is 0 Å². The maximum absolute atomic E-state index is 6.72. The fourth-order valence-electron chi connectivity index (χ4n) is 3.68. The average molecular weight is 422 g/mol. The molecule has 2 fully saturated rings. The lowest BCUT2D eigenvalue weighted by atomic mass is 9.97. The fourth-order valence-corrected chi connectivity index (χ4v) is 6.70. The number of hydrogen-bond donors (Lipinski definition) is 1. The summed E-state index contributed by atoms with van der Waals surface area (Å²) in [6, 6.07) is 0.673. The molecule has 0 aromatic carbocycles. The molecule has 2 rings (SSSR count). The summed E-state index contributed by atoms with van der Waals surface area (Å²) in [5, 5.41) is 0. The fraction of sp³-hybridized carbons (Fsp3) is 1.00. The maximum atomic E-state index is 6.72. The zero-order valence-electron chi connectivity index (χ0n) is 18.1. The molecule has 2 heterocycles. The van der Waals surface area contributed by atoms with Crippen LogP contribution in [0.25, 0.3) is 0 Å². The molecule has 0 amide bonds. The molecule has 0 saturated carbocycles. The van der Waals surface area contributed by atoms with Crippen LogP contribution in [-0.2, 0) is 32.2 Å². The molecule has 0 radical (unpaired) electrons. The van der Waals surface area contributed by atoms with E-state index in [1.54, 1.807) is 0 Å². The van der Waals surface area contributed by atoms with E-state index in [-0.39, 0.29) is 24.8 Å². The maximum Gasteiger partial charge on any atom is 0.501 e. The number of hydrogen-bond acceptors (Lipinski definition) is 8. The molecule has 28 heavy (non-hydrogen) atoms. The lowest BCUT2D eigenvalue weighted by molar-refractivity contribution is -0.149. The van der Waals surface area contributed by atoms with Crippen LogP contribution in [0.15, 0.2) is 0 Å². The van der Waals surface area contributed by atoms with E-state index >= 15 is 0 Å². The third-order valence-electron chi connectivity index (χ3n) is 4.82. The highest BCUT2D eigenvalue weighted by Gasteiger charge is 2.49. The molecular weight excluding hydrogens is 382 g/mol. The molecule has 0 aromatic heterocycles. The van der Waals surface area contributed by atoms with E-state index < -0.39 is 14.4 Å². The Hall–Kier alpha value is -0.103. The minimum atomic E-state index is -2.93. The van der Waals surface area contributed by atoms with Crippen LogP contribution in [0.4, 0.5) is 0 Å². The Labute approximate surface area is 170 Å². The molecule has 9 heteroatoms. The Kier molecular flexibility index (Phi) is 9.78. The zero-order chi connectivity index (χ0) is 20.6. The van der Waals surface area contributed by atoms with Crippen LogP contribution in [0, 0.1) is 0 Å². The van der Waals surface area contributed by atoms with Gasteiger partial charge < -0.3 is 38.0 Å². The summed E-state index contributed by atoms with van der Waals surface area (Å²) in [6.45, 7) is 12.7. The first kappa shape index (κ1) is 24.2. The van der Waals surface area contributed by atoms with Crippen molar-refractivity contribution in [2.75, 3.05) is 33.0 Å². The van der Waals surface area contributed by atoms with Crippen LogP contribution in [0.3, 0.4) is 0 Å². The molecule has 2 N–H and O–H groups in total. The molecule has 8 nitrogen and oxygen atoms in total. The first-order valence-corrected chi connectivity index (χ1v) is 12.5. The molecule has 0 spiro atoms. The van der Waals surface area contributed by atoms with Crippen molar-refractivity contribution in [1.29, 1.82) is 0 Å². The normalized spacial score (nSPS) is 30.6. The van der Waals surface area contributed by atoms with Gasteiger partial charge in [0.05, 0.1) is 31.0 Å². The molecule has 0 aromatic rings. The summed E-state index contributed by atoms with van der Waals surface area (Å²) in [5.41, 5.74) is 5.12. The van der Waals surface area contributed by atoms with Gasteiger partial charge in [0.2, 0.25) is 0 Å². The smallest absolute Gasteiger partial charge is 0.374 e. The Morgan fingerprint density at radius 1 is 0.964 bits per heavy atom. The third-order valence-corrected chi connectivity index (χ3v) is 8.04. The number of rotatable bonds is 13. The van der Waals surface area contributed by atoms with Gasteiger partial charge in [0.25, 0.3) is 0 Å². The van der Waals surface area contributed by atoms with Crippen LogP contribution in [0.2, 0.25) is 6.04 Å². The van der Waals surface area contributed by atoms with E-state index in [9.17, 15) is 0 Å². The van der Waals surface area contributed by atoms with E-state index in [0.717, 1.165) is 6.42 Å². The molecule has 166 valence electrons. The summed E-state index contributed by atoms with van der Waals surface area (Å²) >= 11 is 0. The SMILES string of the molecule is CCO[Si](CCCN)(OCC)OC(C)(CC1OCC(C)O1)CC1OCC(C)O1. The van der Waals surface area contributed by atoms with Gasteiger partial charge in [-0.15, -0.1) is 0 Å². The summed E-state index contributed by atoms with van der Waals surface area (Å²) < 4.78 is 42.3. The van der Waals surface area contributed by atoms with Gasteiger partial charge in [0.15, 0.2) is 12.6 Å². The van der Waals surface area contributed by atoms with Gasteiger partial charge in [-0.2, -0.15) is 0 Å². The molecule has 2 aliphatic rings. The molecule has 2 aliphatic heterocycles. The molecule has 4 unspecified atom stereocenters. The van der Waals surface area contributed by atoms with E-state index in [2.05, 4.69) is 0 Å². The van der Waals surface area contributed by atoms with Gasteiger partial charge in [0.1, 0.15) is 0 Å². The summed E-state index contributed by atoms with van der Waals surface area (Å²) in [4.78, 5) is 0. The summed E-state index contributed by atoms with van der Waals surface area (Å²) in [7, 11) is -2.93. The molecule has 0 bridgehead atoms. The second-order valence-corrected chi connectivity index (χ2v) is 10.5. The Balaban J connectivity index is 2.18. The van der Waals surface area contributed by atoms with Gasteiger partial charge in [-0.3, -0.25) is 0 Å². The van der Waals surface area contributed by atoms with Crippen molar-refractivity contribution in [3.05, 3.63) is 0 Å². The molecular formula is C19H39NO7Si. The quantitative estimate of drug-likeness (QED) is 0.454. The van der Waals surface area contributed by atoms with Crippen LogP contribution in [0.5, 0.6) is 0 Å². The van der Waals surface area contributed by atoms with E-state index in [4.69, 9.17) is 38.0 Å². The van der Waals surface area contributed by atoms with Crippen molar-refractivity contribution < 1.29 is 32.2 Å². The second-order valence-electron chi connectivity index (χ2n) is 7.82. The molecule has 0 aliphatic carbocycles. The second kappa shape index (κ2) is 11.3. The highest BCUT2D eigenvalue weighted by Crippen LogP contribution is 2.35. The highest BCUT2D eigenvalue weighted by atomic mass is 28.4. The van der Waals surface area contributed by atoms with Crippen molar-refractivity contribution in [2.45, 2.75) is 90.3 Å². The van der Waals surface area contributed by atoms with Crippen LogP contribution >= 0.6 is 0 Å². The van der Waals surface area contributed by atoms with Gasteiger partial charge in [0, 0.05) is 32.1 Å². The predicted octanol–water partition coefficient (Wildman–Crippen LogP) is 2.43. The van der Waals surface area contributed by atoms with Gasteiger partial charge >= 0.3 is 8.80 Å². The Morgan fingerprint density at radius 2 is 1.46 bits per heavy atom. The highest BCUT2D eigenvalue weighted by molar-refractivity contribution is 6.60. The predicted molar refractivity (Wildman–Crippen MR) is 107 cm³/mol. The van der Waals surface area contributed by atoms with Gasteiger partial charge in [-0.1, -0.05) is 0 Å². The van der Waals surface area contributed by atoms with E-state index in [1.807, 2.05) is 34.6 Å². The lowest BCUT2D eigenvalue weighted by Gasteiger charge is -2.41. The largest absolute Gasteiger partial charge is 0.501 e. The molecule has 4 atom stereocenters. The number of ether oxygens (including phenoxy) is 4. The molecule has 2 saturated heterocycles. The summed E-state index contributed by atoms with van der Waals surface area (Å²) in [5.74, 6) is 0. The monoisotopic (exact) mass is 421 g/mol. The van der Waals surface area contributed by atoms with E-state index in [0.29, 0.717) is 51.9 Å². The van der Waals surface area contributed by atoms with E-state index in [1.165, 1.54) is 0 Å². The Morgan fingerprint density at radius 3 is 1.82 bits per heavy atom. The number of nitrogens with two attached hydrogens (primary N) is 1. The van der Waals surface area contributed by atoms with Crippen LogP contribution in [-0.4, -0.2) is 72.2 Å². The summed E-state index contributed by atoms with van der Waals surface area (Å²) in [6.07, 6.45) is 1.37. The first-order valence-electron chi connectivity index (χ1n) is 10.6. The minimum Gasteiger partial charge on any atom is -0.374 e. The van der Waals surface area contributed by atoms with Crippen LogP contribution < -0.4 is 5.73 Å². The zero-order valence-corrected chi connectivity index (χ0v) is 19.1. The lowest BCUT2D eigenvalue weighted by Crippen LogP contribution is -2.54. The Bertz CT molecular complexity index is 428. The van der Waals surface area contributed by atoms with Gasteiger partial charge in [-0.05, 0) is 47.6 Å². The topological polar surface area (TPSA) is 90.6 Å². The van der Waals surface area contributed by atoms with Crippen molar-refractivity contribution >= 4 is 8.80 Å². The van der Waals surface area contributed by atoms with Crippen molar-refractivity contribution in [3.8, 4) is 0 Å². The third kappa shape index (κ3) is 7.30. The average Bonchev–Trinajstić information content (AvgIpc) is 3.21. The van der Waals surface area contributed by atoms with Crippen LogP contribution in [0.1, 0.15) is 53.9 Å². The van der Waals surface area contributed by atoms with Gasteiger partial charge in [-0.25, -0.2) is 0 Å². The first-order chi connectivity index (χ1) is 13.3. The van der Waals surface area contributed by atoms with Crippen molar-refractivity contribution in [2.24, 2.45) is 5.73 Å². The standard InChI is InChI=1S/C19H39NO7Si/c1-6-23-28(24-7-2,10-8-9-20)27-19(5,11-17-21-13-15(3)25-17)12-18-22-14-16(4)26-18/h15-18H,6-14,20H2,1-5H3. The minimum absolute atomic E-state index is 0.0753. The van der Waals surface area contributed by atoms with Crippen molar-refractivity contribution in [3.63, 3.8) is 0 Å².